The van der Waals surface area contributed by atoms with E-state index in [9.17, 15) is 4.79 Å². The molecule has 1 unspecified atom stereocenters. The molecule has 5 nitrogen and oxygen atoms in total. The van der Waals surface area contributed by atoms with Crippen LogP contribution in [0.4, 0.5) is 5.13 Å². The number of aromatic nitrogens is 1. The Morgan fingerprint density at radius 1 is 1.71 bits per heavy atom. The first-order chi connectivity index (χ1) is 8.20. The number of ether oxygens (including phenoxy) is 2. The van der Waals surface area contributed by atoms with Gasteiger partial charge in [-0.3, -0.25) is 0 Å². The predicted molar refractivity (Wildman–Crippen MR) is 65.6 cm³/mol. The highest BCUT2D eigenvalue weighted by Crippen LogP contribution is 2.24. The Morgan fingerprint density at radius 2 is 2.53 bits per heavy atom. The molecule has 0 spiro atoms. The third kappa shape index (κ3) is 2.95. The van der Waals surface area contributed by atoms with E-state index >= 15 is 0 Å². The van der Waals surface area contributed by atoms with Crippen LogP contribution in [-0.2, 0) is 9.47 Å². The van der Waals surface area contributed by atoms with Gasteiger partial charge in [-0.2, -0.15) is 0 Å². The molecule has 94 valence electrons. The monoisotopic (exact) mass is 256 g/mol. The van der Waals surface area contributed by atoms with E-state index in [1.807, 2.05) is 6.92 Å². The lowest BCUT2D eigenvalue weighted by molar-refractivity contribution is 0.0605. The fourth-order valence-corrected chi connectivity index (χ4v) is 2.62. The zero-order valence-corrected chi connectivity index (χ0v) is 10.8. The lowest BCUT2D eigenvalue weighted by Gasteiger charge is -2.07. The van der Waals surface area contributed by atoms with Gasteiger partial charge in [0.25, 0.3) is 0 Å². The summed E-state index contributed by atoms with van der Waals surface area (Å²) in [5.41, 5.74) is 0.715. The van der Waals surface area contributed by atoms with Crippen molar-refractivity contribution in [2.24, 2.45) is 5.92 Å². The minimum atomic E-state index is -0.322. The summed E-state index contributed by atoms with van der Waals surface area (Å²) in [7, 11) is 1.38. The normalized spacial score (nSPS) is 19.3. The van der Waals surface area contributed by atoms with E-state index < -0.39 is 0 Å². The first kappa shape index (κ1) is 12.3. The summed E-state index contributed by atoms with van der Waals surface area (Å²) in [6.45, 7) is 4.30. The lowest BCUT2D eigenvalue weighted by Crippen LogP contribution is -2.13. The van der Waals surface area contributed by atoms with Gasteiger partial charge in [-0.25, -0.2) is 9.78 Å². The van der Waals surface area contributed by atoms with Crippen LogP contribution in [0, 0.1) is 12.8 Å². The Kier molecular flexibility index (Phi) is 3.96. The molecule has 1 aliphatic rings. The average Bonchev–Trinajstić information content (AvgIpc) is 2.94. The molecule has 1 aliphatic heterocycles. The van der Waals surface area contributed by atoms with Crippen LogP contribution in [0.3, 0.4) is 0 Å². The number of rotatable bonds is 4. The second kappa shape index (κ2) is 5.46. The molecule has 2 rings (SSSR count). The van der Waals surface area contributed by atoms with Gasteiger partial charge < -0.3 is 14.8 Å². The van der Waals surface area contributed by atoms with E-state index in [4.69, 9.17) is 9.47 Å². The quantitative estimate of drug-likeness (QED) is 0.831. The van der Waals surface area contributed by atoms with Crippen LogP contribution < -0.4 is 5.32 Å². The number of hydrogen-bond acceptors (Lipinski definition) is 6. The number of nitrogens with one attached hydrogen (secondary N) is 1. The summed E-state index contributed by atoms with van der Waals surface area (Å²) in [6, 6.07) is 0. The number of hydrogen-bond donors (Lipinski definition) is 1. The van der Waals surface area contributed by atoms with Crippen molar-refractivity contribution < 1.29 is 14.3 Å². The molecule has 0 saturated carbocycles. The van der Waals surface area contributed by atoms with Crippen molar-refractivity contribution in [1.29, 1.82) is 0 Å². The van der Waals surface area contributed by atoms with Gasteiger partial charge in [0.05, 0.1) is 19.4 Å². The molecule has 17 heavy (non-hydrogen) atoms. The maximum absolute atomic E-state index is 11.4. The van der Waals surface area contributed by atoms with E-state index in [0.29, 0.717) is 16.5 Å². The molecule has 0 aromatic carbocycles. The molecule has 1 fully saturated rings. The summed E-state index contributed by atoms with van der Waals surface area (Å²) in [5.74, 6) is 0.220. The van der Waals surface area contributed by atoms with Gasteiger partial charge in [-0.05, 0) is 13.3 Å². The summed E-state index contributed by atoms with van der Waals surface area (Å²) >= 11 is 1.34. The van der Waals surface area contributed by atoms with Crippen LogP contribution in [0.2, 0.25) is 0 Å². The largest absolute Gasteiger partial charge is 0.465 e. The van der Waals surface area contributed by atoms with Crippen LogP contribution in [0.1, 0.15) is 21.8 Å². The summed E-state index contributed by atoms with van der Waals surface area (Å²) < 4.78 is 9.99. The van der Waals surface area contributed by atoms with Gasteiger partial charge in [0.15, 0.2) is 5.13 Å². The number of anilines is 1. The van der Waals surface area contributed by atoms with E-state index in [-0.39, 0.29) is 5.97 Å². The fourth-order valence-electron chi connectivity index (χ4n) is 1.73. The van der Waals surface area contributed by atoms with Crippen molar-refractivity contribution in [2.45, 2.75) is 13.3 Å². The molecule has 0 radical (unpaired) electrons. The number of carbonyl (C=O) groups excluding carboxylic acids is 1. The minimum Gasteiger partial charge on any atom is -0.465 e. The van der Waals surface area contributed by atoms with Gasteiger partial charge in [-0.15, -0.1) is 0 Å². The van der Waals surface area contributed by atoms with E-state index in [2.05, 4.69) is 10.3 Å². The van der Waals surface area contributed by atoms with Crippen LogP contribution in [0.15, 0.2) is 0 Å². The highest BCUT2D eigenvalue weighted by atomic mass is 32.1. The third-order valence-electron chi connectivity index (χ3n) is 2.73. The smallest absolute Gasteiger partial charge is 0.350 e. The lowest BCUT2D eigenvalue weighted by atomic mass is 10.1. The third-order valence-corrected chi connectivity index (χ3v) is 3.83. The fraction of sp³-hybridized carbons (Fsp3) is 0.636. The SMILES string of the molecule is COC(=O)c1sc(NCC2CCOC2)nc1C. The van der Waals surface area contributed by atoms with Crippen LogP contribution in [0.25, 0.3) is 0 Å². The number of esters is 1. The van der Waals surface area contributed by atoms with Gasteiger partial charge in [-0.1, -0.05) is 11.3 Å². The first-order valence-electron chi connectivity index (χ1n) is 5.58. The van der Waals surface area contributed by atoms with Crippen molar-refractivity contribution in [3.63, 3.8) is 0 Å². The standard InChI is InChI=1S/C11H16N2O3S/c1-7-9(10(14)15-2)17-11(13-7)12-5-8-3-4-16-6-8/h8H,3-6H2,1-2H3,(H,12,13). The number of nitrogens with zero attached hydrogens (tertiary/aromatic N) is 1. The summed E-state index contributed by atoms with van der Waals surface area (Å²) in [4.78, 5) is 16.3. The predicted octanol–water partition coefficient (Wildman–Crippen LogP) is 1.69. The molecule has 1 aromatic heterocycles. The topological polar surface area (TPSA) is 60.5 Å². The Bertz CT molecular complexity index is 399. The van der Waals surface area contributed by atoms with Gasteiger partial charge in [0, 0.05) is 19.1 Å². The summed E-state index contributed by atoms with van der Waals surface area (Å²) in [5, 5.41) is 4.02. The molecule has 1 aromatic rings. The molecule has 0 aliphatic carbocycles. The number of carbonyl (C=O) groups is 1. The zero-order valence-electron chi connectivity index (χ0n) is 9.99. The van der Waals surface area contributed by atoms with Crippen molar-refractivity contribution in [1.82, 2.24) is 4.98 Å². The van der Waals surface area contributed by atoms with Crippen LogP contribution in [0.5, 0.6) is 0 Å². The molecule has 2 heterocycles. The zero-order chi connectivity index (χ0) is 12.3. The Labute approximate surface area is 104 Å². The van der Waals surface area contributed by atoms with Crippen LogP contribution >= 0.6 is 11.3 Å². The highest BCUT2D eigenvalue weighted by molar-refractivity contribution is 7.17. The Balaban J connectivity index is 1.94. The van der Waals surface area contributed by atoms with E-state index in [1.54, 1.807) is 0 Å². The summed E-state index contributed by atoms with van der Waals surface area (Å²) in [6.07, 6.45) is 1.08. The van der Waals surface area contributed by atoms with Gasteiger partial charge >= 0.3 is 5.97 Å². The van der Waals surface area contributed by atoms with E-state index in [1.165, 1.54) is 18.4 Å². The number of thiazole rings is 1. The van der Waals surface area contributed by atoms with Crippen molar-refractivity contribution in [3.8, 4) is 0 Å². The van der Waals surface area contributed by atoms with Gasteiger partial charge in [0.2, 0.25) is 0 Å². The maximum atomic E-state index is 11.4. The molecular formula is C11H16N2O3S. The molecule has 0 bridgehead atoms. The molecular weight excluding hydrogens is 240 g/mol. The minimum absolute atomic E-state index is 0.322. The van der Waals surface area contributed by atoms with Crippen molar-refractivity contribution >= 4 is 22.4 Å². The van der Waals surface area contributed by atoms with Gasteiger partial charge in [0.1, 0.15) is 4.88 Å². The number of aryl methyl sites for hydroxylation is 1. The highest BCUT2D eigenvalue weighted by Gasteiger charge is 2.18. The average molecular weight is 256 g/mol. The second-order valence-corrected chi connectivity index (χ2v) is 5.03. The molecule has 1 N–H and O–H groups in total. The maximum Gasteiger partial charge on any atom is 0.350 e. The molecule has 6 heteroatoms. The Morgan fingerprint density at radius 3 is 3.18 bits per heavy atom. The van der Waals surface area contributed by atoms with Crippen LogP contribution in [-0.4, -0.2) is 37.8 Å². The second-order valence-electron chi connectivity index (χ2n) is 4.04. The molecule has 1 atom stereocenters. The van der Waals surface area contributed by atoms with Crippen molar-refractivity contribution in [2.75, 3.05) is 32.2 Å². The first-order valence-corrected chi connectivity index (χ1v) is 6.39. The van der Waals surface area contributed by atoms with Crippen molar-refractivity contribution in [3.05, 3.63) is 10.6 Å². The number of methoxy groups -OCH3 is 1. The van der Waals surface area contributed by atoms with E-state index in [0.717, 1.165) is 31.3 Å². The Hall–Kier alpha value is -1.14. The molecule has 0 amide bonds. The molecule has 1 saturated heterocycles.